The standard InChI is InChI=1S/C31H34O6/c1-3-19-34-29-27(37-31(32)25-17-11-6-12-18-25)20-26(33-2)28(35-21-23-13-7-4-8-14-23)30(29)36-22-24-15-9-5-10-16-24/h3-18,26-30H,1,19-22H2,2H3/t26-,27+,28-,29+,30+/m0/s1. The molecule has 0 heterocycles. The summed E-state index contributed by atoms with van der Waals surface area (Å²) in [6.45, 7) is 4.81. The van der Waals surface area contributed by atoms with Gasteiger partial charge in [0, 0.05) is 13.5 Å². The molecule has 1 saturated carbocycles. The minimum atomic E-state index is -0.602. The highest BCUT2D eigenvalue weighted by atomic mass is 16.6. The second-order valence-electron chi connectivity index (χ2n) is 8.93. The van der Waals surface area contributed by atoms with Crippen molar-refractivity contribution in [3.63, 3.8) is 0 Å². The molecular weight excluding hydrogens is 468 g/mol. The summed E-state index contributed by atoms with van der Waals surface area (Å²) in [5.41, 5.74) is 2.53. The third-order valence-electron chi connectivity index (χ3n) is 6.39. The van der Waals surface area contributed by atoms with Crippen LogP contribution in [0.25, 0.3) is 0 Å². The van der Waals surface area contributed by atoms with E-state index in [1.54, 1.807) is 37.5 Å². The normalized spacial score (nSPS) is 23.3. The Balaban J connectivity index is 1.60. The molecule has 6 nitrogen and oxygen atoms in total. The fourth-order valence-corrected chi connectivity index (χ4v) is 4.54. The van der Waals surface area contributed by atoms with Crippen molar-refractivity contribution in [2.24, 2.45) is 0 Å². The molecule has 0 saturated heterocycles. The van der Waals surface area contributed by atoms with E-state index in [0.717, 1.165) is 11.1 Å². The molecule has 6 heteroatoms. The minimum Gasteiger partial charge on any atom is -0.456 e. The van der Waals surface area contributed by atoms with Crippen LogP contribution in [0.3, 0.4) is 0 Å². The highest BCUT2D eigenvalue weighted by molar-refractivity contribution is 5.89. The maximum atomic E-state index is 13.0. The molecule has 0 aromatic heterocycles. The zero-order valence-electron chi connectivity index (χ0n) is 21.1. The average molecular weight is 503 g/mol. The van der Waals surface area contributed by atoms with E-state index < -0.39 is 30.4 Å². The SMILES string of the molecule is C=CCO[C@H]1[C@H](OCc2ccccc2)[C@@H](OCc2ccccc2)[C@@H](OC)C[C@H]1OC(=O)c1ccccc1. The first-order valence-electron chi connectivity index (χ1n) is 12.5. The second-order valence-corrected chi connectivity index (χ2v) is 8.93. The van der Waals surface area contributed by atoms with Crippen LogP contribution in [0.1, 0.15) is 27.9 Å². The number of carbonyl (C=O) groups excluding carboxylic acids is 1. The Labute approximate surface area is 218 Å². The molecule has 0 bridgehead atoms. The van der Waals surface area contributed by atoms with Crippen LogP contribution in [0.2, 0.25) is 0 Å². The fourth-order valence-electron chi connectivity index (χ4n) is 4.54. The van der Waals surface area contributed by atoms with Crippen molar-refractivity contribution in [1.82, 2.24) is 0 Å². The van der Waals surface area contributed by atoms with Crippen LogP contribution >= 0.6 is 0 Å². The number of esters is 1. The molecule has 0 amide bonds. The molecule has 4 rings (SSSR count). The van der Waals surface area contributed by atoms with E-state index in [2.05, 4.69) is 6.58 Å². The van der Waals surface area contributed by atoms with E-state index in [1.165, 1.54) is 0 Å². The Morgan fingerprint density at radius 1 is 0.757 bits per heavy atom. The molecule has 37 heavy (non-hydrogen) atoms. The summed E-state index contributed by atoms with van der Waals surface area (Å²) in [5, 5.41) is 0. The van der Waals surface area contributed by atoms with Crippen molar-refractivity contribution < 1.29 is 28.5 Å². The van der Waals surface area contributed by atoms with Gasteiger partial charge in [-0.3, -0.25) is 0 Å². The number of ether oxygens (including phenoxy) is 5. The highest BCUT2D eigenvalue weighted by Gasteiger charge is 2.49. The van der Waals surface area contributed by atoms with E-state index in [0.29, 0.717) is 25.2 Å². The Bertz CT molecular complexity index is 1090. The van der Waals surface area contributed by atoms with Crippen molar-refractivity contribution in [2.45, 2.75) is 50.2 Å². The van der Waals surface area contributed by atoms with Crippen LogP contribution < -0.4 is 0 Å². The Hall–Kier alpha value is -3.29. The van der Waals surface area contributed by atoms with Gasteiger partial charge in [0.15, 0.2) is 0 Å². The van der Waals surface area contributed by atoms with Crippen molar-refractivity contribution in [2.75, 3.05) is 13.7 Å². The van der Waals surface area contributed by atoms with E-state index in [9.17, 15) is 4.79 Å². The summed E-state index contributed by atoms with van der Waals surface area (Å²) in [7, 11) is 1.64. The number of hydrogen-bond donors (Lipinski definition) is 0. The van der Waals surface area contributed by atoms with Crippen LogP contribution in [-0.2, 0) is 36.9 Å². The lowest BCUT2D eigenvalue weighted by atomic mass is 9.86. The lowest BCUT2D eigenvalue weighted by Crippen LogP contribution is -2.60. The molecule has 3 aromatic rings. The lowest BCUT2D eigenvalue weighted by molar-refractivity contribution is -0.230. The molecule has 1 aliphatic rings. The largest absolute Gasteiger partial charge is 0.456 e. The van der Waals surface area contributed by atoms with Gasteiger partial charge in [0.05, 0.1) is 31.5 Å². The average Bonchev–Trinajstić information content (AvgIpc) is 2.96. The molecule has 194 valence electrons. The number of rotatable bonds is 12. The first-order chi connectivity index (χ1) is 18.2. The van der Waals surface area contributed by atoms with Crippen LogP contribution in [0, 0.1) is 0 Å². The van der Waals surface area contributed by atoms with Crippen LogP contribution in [0.5, 0.6) is 0 Å². The molecular formula is C31H34O6. The summed E-state index contributed by atoms with van der Waals surface area (Å²) < 4.78 is 31.0. The third-order valence-corrected chi connectivity index (χ3v) is 6.39. The molecule has 0 spiro atoms. The quantitative estimate of drug-likeness (QED) is 0.245. The van der Waals surface area contributed by atoms with Gasteiger partial charge >= 0.3 is 5.97 Å². The summed E-state index contributed by atoms with van der Waals surface area (Å²) in [6.07, 6.45) is -0.488. The van der Waals surface area contributed by atoms with Gasteiger partial charge in [0.25, 0.3) is 0 Å². The highest BCUT2D eigenvalue weighted by Crippen LogP contribution is 2.33. The van der Waals surface area contributed by atoms with Gasteiger partial charge < -0.3 is 23.7 Å². The van der Waals surface area contributed by atoms with Crippen molar-refractivity contribution in [1.29, 1.82) is 0 Å². The van der Waals surface area contributed by atoms with Gasteiger partial charge in [-0.15, -0.1) is 6.58 Å². The second kappa shape index (κ2) is 13.9. The zero-order valence-corrected chi connectivity index (χ0v) is 21.1. The predicted molar refractivity (Wildman–Crippen MR) is 141 cm³/mol. The Kier molecular flexibility index (Phi) is 10.0. The molecule has 0 N–H and O–H groups in total. The first kappa shape index (κ1) is 26.8. The van der Waals surface area contributed by atoms with E-state index in [4.69, 9.17) is 23.7 Å². The van der Waals surface area contributed by atoms with Crippen molar-refractivity contribution >= 4 is 5.97 Å². The van der Waals surface area contributed by atoms with E-state index in [-0.39, 0.29) is 12.7 Å². The van der Waals surface area contributed by atoms with Crippen LogP contribution in [0.4, 0.5) is 0 Å². The molecule has 1 aliphatic carbocycles. The topological polar surface area (TPSA) is 63.2 Å². The van der Waals surface area contributed by atoms with Crippen molar-refractivity contribution in [3.05, 3.63) is 120 Å². The summed E-state index contributed by atoms with van der Waals surface area (Å²) in [5.74, 6) is -0.418. The van der Waals surface area contributed by atoms with E-state index >= 15 is 0 Å². The van der Waals surface area contributed by atoms with Gasteiger partial charge in [-0.25, -0.2) is 4.79 Å². The smallest absolute Gasteiger partial charge is 0.338 e. The van der Waals surface area contributed by atoms with Gasteiger partial charge in [0.2, 0.25) is 0 Å². The molecule has 0 unspecified atom stereocenters. The minimum absolute atomic E-state index is 0.276. The van der Waals surface area contributed by atoms with Gasteiger partial charge in [0.1, 0.15) is 24.4 Å². The molecule has 0 radical (unpaired) electrons. The number of carbonyl (C=O) groups is 1. The fraction of sp³-hybridized carbons (Fsp3) is 0.323. The lowest BCUT2D eigenvalue weighted by Gasteiger charge is -2.45. The number of hydrogen-bond acceptors (Lipinski definition) is 6. The molecule has 0 aliphatic heterocycles. The Morgan fingerprint density at radius 2 is 1.27 bits per heavy atom. The molecule has 3 aromatic carbocycles. The first-order valence-corrected chi connectivity index (χ1v) is 12.5. The summed E-state index contributed by atoms with van der Waals surface area (Å²) in [6, 6.07) is 28.8. The van der Waals surface area contributed by atoms with Gasteiger partial charge in [-0.05, 0) is 23.3 Å². The van der Waals surface area contributed by atoms with E-state index in [1.807, 2.05) is 66.7 Å². The van der Waals surface area contributed by atoms with Gasteiger partial charge in [-0.2, -0.15) is 0 Å². The maximum absolute atomic E-state index is 13.0. The molecule has 1 fully saturated rings. The zero-order chi connectivity index (χ0) is 25.9. The maximum Gasteiger partial charge on any atom is 0.338 e. The van der Waals surface area contributed by atoms with Crippen molar-refractivity contribution in [3.8, 4) is 0 Å². The summed E-state index contributed by atoms with van der Waals surface area (Å²) >= 11 is 0. The third kappa shape index (κ3) is 7.37. The summed E-state index contributed by atoms with van der Waals surface area (Å²) in [4.78, 5) is 13.0. The number of methoxy groups -OCH3 is 1. The van der Waals surface area contributed by atoms with Gasteiger partial charge in [-0.1, -0.05) is 84.9 Å². The monoisotopic (exact) mass is 502 g/mol. The predicted octanol–water partition coefficient (Wildman–Crippen LogP) is 5.37. The Morgan fingerprint density at radius 3 is 1.81 bits per heavy atom. The molecule has 5 atom stereocenters. The van der Waals surface area contributed by atoms with Crippen LogP contribution in [0.15, 0.2) is 104 Å². The van der Waals surface area contributed by atoms with Crippen LogP contribution in [-0.4, -0.2) is 50.2 Å². The number of benzene rings is 3.